The average molecular weight is 1040 g/mol. The highest BCUT2D eigenvalue weighted by Gasteiger charge is 2.62. The van der Waals surface area contributed by atoms with Crippen LogP contribution >= 0.6 is 0 Å². The van der Waals surface area contributed by atoms with Crippen molar-refractivity contribution < 1.29 is 37.5 Å². The molecule has 0 radical (unpaired) electrons. The molecule has 15 nitrogen and oxygen atoms in total. The summed E-state index contributed by atoms with van der Waals surface area (Å²) in [5, 5.41) is 11.0. The zero-order valence-electron chi connectivity index (χ0n) is 43.8. The summed E-state index contributed by atoms with van der Waals surface area (Å²) in [7, 11) is 0. The van der Waals surface area contributed by atoms with E-state index in [2.05, 4.69) is 27.3 Å². The highest BCUT2D eigenvalue weighted by Crippen LogP contribution is 2.65. The first-order chi connectivity index (χ1) is 36.8. The van der Waals surface area contributed by atoms with Crippen molar-refractivity contribution in [3.05, 3.63) is 111 Å². The van der Waals surface area contributed by atoms with Crippen LogP contribution in [-0.4, -0.2) is 154 Å². The van der Waals surface area contributed by atoms with Crippen LogP contribution in [0.3, 0.4) is 0 Å². The fourth-order valence-corrected chi connectivity index (χ4v) is 13.7. The van der Waals surface area contributed by atoms with Crippen molar-refractivity contribution in [2.24, 2.45) is 17.3 Å². The quantitative estimate of drug-likeness (QED) is 0.146. The van der Waals surface area contributed by atoms with E-state index in [-0.39, 0.29) is 83.6 Å². The number of hydrogen-bond acceptors (Lipinski definition) is 9. The Bertz CT molecular complexity index is 2890. The van der Waals surface area contributed by atoms with Crippen molar-refractivity contribution in [2.75, 3.05) is 65.4 Å². The van der Waals surface area contributed by atoms with Crippen LogP contribution in [-0.2, 0) is 25.5 Å². The molecule has 4 saturated carbocycles. The van der Waals surface area contributed by atoms with Gasteiger partial charge < -0.3 is 29.7 Å². The SMILES string of the molecule is C[C@@H]1CC(c2ccc(C(=O)N[C@@H](C(=O)N3CCC(OC4CCN(CC(=O)N5CCN(C(=O)c6cc(Cc7n[nH]c(=O)c8ccccc78)ccc6F)CC5)CC4)CC3)C3CCCCC3)c(F)c2)CCN1C(=O)C12CC(C1)C2. The molecule has 404 valence electrons. The van der Waals surface area contributed by atoms with Crippen molar-refractivity contribution in [1.82, 2.24) is 40.0 Å². The highest BCUT2D eigenvalue weighted by molar-refractivity contribution is 5.98. The van der Waals surface area contributed by atoms with Gasteiger partial charge in [0.25, 0.3) is 17.4 Å². The molecule has 4 saturated heterocycles. The molecule has 2 bridgehead atoms. The number of nitrogens with zero attached hydrogens (tertiary/aromatic N) is 6. The zero-order chi connectivity index (χ0) is 52.7. The van der Waals surface area contributed by atoms with Crippen molar-refractivity contribution in [1.29, 1.82) is 0 Å². The monoisotopic (exact) mass is 1040 g/mol. The lowest BCUT2D eigenvalue weighted by Gasteiger charge is -2.62. The predicted molar refractivity (Wildman–Crippen MR) is 281 cm³/mol. The van der Waals surface area contributed by atoms with Crippen LogP contribution in [0.4, 0.5) is 8.78 Å². The molecule has 4 aromatic rings. The summed E-state index contributed by atoms with van der Waals surface area (Å²) in [4.78, 5) is 90.3. The van der Waals surface area contributed by atoms with Crippen molar-refractivity contribution in [3.63, 3.8) is 0 Å². The number of carbonyl (C=O) groups is 5. The van der Waals surface area contributed by atoms with E-state index in [9.17, 15) is 28.8 Å². The second kappa shape index (κ2) is 22.1. The normalized spacial score (nSPS) is 25.2. The van der Waals surface area contributed by atoms with Gasteiger partial charge >= 0.3 is 0 Å². The summed E-state index contributed by atoms with van der Waals surface area (Å²) in [6, 6.07) is 15.8. The number of rotatable bonds is 13. The Kier molecular flexibility index (Phi) is 15.1. The number of fused-ring (bicyclic) bond motifs is 1. The molecule has 3 aromatic carbocycles. The number of halogens is 2. The van der Waals surface area contributed by atoms with Crippen molar-refractivity contribution >= 4 is 40.3 Å². The lowest BCUT2D eigenvalue weighted by molar-refractivity contribution is -0.180. The Morgan fingerprint density at radius 1 is 0.737 bits per heavy atom. The van der Waals surface area contributed by atoms with Gasteiger partial charge in [0.2, 0.25) is 17.7 Å². The van der Waals surface area contributed by atoms with Gasteiger partial charge in [-0.25, -0.2) is 13.9 Å². The standard InChI is InChI=1S/C59H72F2N8O7/c1-37-29-42(15-24-69(37)58(75)59-33-39(34-59)35-59)41-12-13-47(50(61)32-41)54(71)62-53(40-7-3-2-4-8-40)57(74)67-22-18-44(19-23-67)76-43-16-20-65(21-17-43)36-52(70)66-25-27-68(28-26-66)56(73)48-30-38(11-14-49(48)60)31-51-45-9-5-6-10-46(45)55(72)64-63-51/h5-6,9-14,30,32,37,39-40,42-44,53H,2-4,7-8,15-29,31,33-36H2,1H3,(H,62,71)(H,64,72)/t37-,39?,42?,53-,59?/m1/s1. The molecule has 4 aliphatic carbocycles. The van der Waals surface area contributed by atoms with E-state index >= 15 is 8.78 Å². The molecule has 3 atom stereocenters. The minimum Gasteiger partial charge on any atom is -0.375 e. The van der Waals surface area contributed by atoms with Gasteiger partial charge in [-0.05, 0) is 137 Å². The third-order valence-corrected chi connectivity index (χ3v) is 18.4. The molecular formula is C59H72F2N8O7. The number of piperidine rings is 3. The molecule has 8 aliphatic rings. The van der Waals surface area contributed by atoms with E-state index in [0.29, 0.717) is 93.0 Å². The molecule has 4 aliphatic heterocycles. The lowest BCUT2D eigenvalue weighted by atomic mass is 9.44. The fourth-order valence-electron chi connectivity index (χ4n) is 13.7. The van der Waals surface area contributed by atoms with Gasteiger partial charge in [0.05, 0.1) is 46.4 Å². The molecule has 12 rings (SSSR count). The van der Waals surface area contributed by atoms with Gasteiger partial charge in [-0.1, -0.05) is 49.6 Å². The van der Waals surface area contributed by atoms with E-state index in [4.69, 9.17) is 4.74 Å². The fraction of sp³-hybridized carbons (Fsp3) is 0.576. The van der Waals surface area contributed by atoms with E-state index in [0.717, 1.165) is 88.5 Å². The van der Waals surface area contributed by atoms with Gasteiger partial charge in [-0.3, -0.25) is 33.7 Å². The molecule has 1 aromatic heterocycles. The van der Waals surface area contributed by atoms with E-state index in [1.165, 1.54) is 12.1 Å². The second-order valence-corrected chi connectivity index (χ2v) is 23.3. The van der Waals surface area contributed by atoms with Crippen LogP contribution < -0.4 is 10.9 Å². The zero-order valence-corrected chi connectivity index (χ0v) is 43.8. The molecule has 8 fully saturated rings. The molecular weight excluding hydrogens is 971 g/mol. The second-order valence-electron chi connectivity index (χ2n) is 23.3. The predicted octanol–water partition coefficient (Wildman–Crippen LogP) is 6.82. The van der Waals surface area contributed by atoms with E-state index in [1.807, 2.05) is 28.0 Å². The maximum Gasteiger partial charge on any atom is 0.272 e. The summed E-state index contributed by atoms with van der Waals surface area (Å²) >= 11 is 0. The Hall–Kier alpha value is -6.07. The number of likely N-dealkylation sites (tertiary alicyclic amines) is 3. The van der Waals surface area contributed by atoms with Gasteiger partial charge in [0.1, 0.15) is 17.7 Å². The number of H-pyrrole nitrogens is 1. The summed E-state index contributed by atoms with van der Waals surface area (Å²) in [5.41, 5.74) is 1.65. The minimum absolute atomic E-state index is 0.00537. The Labute approximate surface area is 443 Å². The van der Waals surface area contributed by atoms with Crippen LogP contribution in [0.15, 0.2) is 65.5 Å². The molecule has 5 heterocycles. The van der Waals surface area contributed by atoms with Gasteiger partial charge in [-0.15, -0.1) is 0 Å². The Morgan fingerprint density at radius 3 is 2.09 bits per heavy atom. The molecule has 0 spiro atoms. The number of piperazine rings is 1. The van der Waals surface area contributed by atoms with Gasteiger partial charge in [-0.2, -0.15) is 5.10 Å². The van der Waals surface area contributed by atoms with Crippen LogP contribution in [0.2, 0.25) is 0 Å². The number of benzene rings is 3. The van der Waals surface area contributed by atoms with Crippen LogP contribution in [0.25, 0.3) is 10.8 Å². The number of hydrogen-bond donors (Lipinski definition) is 2. The number of aromatic nitrogens is 2. The highest BCUT2D eigenvalue weighted by atomic mass is 19.1. The molecule has 76 heavy (non-hydrogen) atoms. The molecule has 1 unspecified atom stereocenters. The van der Waals surface area contributed by atoms with Crippen LogP contribution in [0, 0.1) is 28.9 Å². The largest absolute Gasteiger partial charge is 0.375 e. The Balaban J connectivity index is 0.612. The number of nitrogens with one attached hydrogen (secondary N) is 2. The van der Waals surface area contributed by atoms with Crippen LogP contribution in [0.5, 0.6) is 0 Å². The number of carbonyl (C=O) groups excluding carboxylic acids is 5. The topological polar surface area (TPSA) is 169 Å². The van der Waals surface area contributed by atoms with E-state index in [1.54, 1.807) is 40.1 Å². The third kappa shape index (κ3) is 10.8. The van der Waals surface area contributed by atoms with E-state index < -0.39 is 29.5 Å². The first-order valence-electron chi connectivity index (χ1n) is 28.2. The maximum atomic E-state index is 15.9. The molecule has 2 N–H and O–H groups in total. The van der Waals surface area contributed by atoms with Crippen LogP contribution in [0.1, 0.15) is 140 Å². The number of ether oxygens (including phenoxy) is 1. The Morgan fingerprint density at radius 2 is 1.42 bits per heavy atom. The van der Waals surface area contributed by atoms with Crippen molar-refractivity contribution in [2.45, 2.75) is 133 Å². The summed E-state index contributed by atoms with van der Waals surface area (Å²) in [6.07, 6.45) is 12.6. The van der Waals surface area contributed by atoms with Gasteiger partial charge in [0.15, 0.2) is 0 Å². The summed E-state index contributed by atoms with van der Waals surface area (Å²) in [6.45, 7) is 6.75. The third-order valence-electron chi connectivity index (χ3n) is 18.4. The molecule has 17 heteroatoms. The lowest BCUT2D eigenvalue weighted by Crippen LogP contribution is -2.63. The molecule has 5 amide bonds. The summed E-state index contributed by atoms with van der Waals surface area (Å²) in [5.74, 6) is -1.19. The average Bonchev–Trinajstić information content (AvgIpc) is 3.59. The van der Waals surface area contributed by atoms with Gasteiger partial charge in [0, 0.05) is 76.8 Å². The van der Waals surface area contributed by atoms with Crippen molar-refractivity contribution in [3.8, 4) is 0 Å². The number of amides is 5. The minimum atomic E-state index is -0.736. The first-order valence-corrected chi connectivity index (χ1v) is 28.2. The smallest absolute Gasteiger partial charge is 0.272 e. The summed E-state index contributed by atoms with van der Waals surface area (Å²) < 4.78 is 37.6. The maximum absolute atomic E-state index is 15.9. The first kappa shape index (κ1) is 52.0. The number of aromatic amines is 1.